The van der Waals surface area contributed by atoms with Gasteiger partial charge in [0.05, 0.1) is 12.2 Å². The Morgan fingerprint density at radius 1 is 1.23 bits per heavy atom. The van der Waals surface area contributed by atoms with E-state index in [2.05, 4.69) is 20.3 Å². The van der Waals surface area contributed by atoms with Crippen molar-refractivity contribution in [3.63, 3.8) is 0 Å². The van der Waals surface area contributed by atoms with E-state index in [9.17, 15) is 35.5 Å². The van der Waals surface area contributed by atoms with Crippen molar-refractivity contribution < 1.29 is 45.0 Å². The summed E-state index contributed by atoms with van der Waals surface area (Å²) in [6.07, 6.45) is -10.5. The third kappa shape index (κ3) is 5.24. The molecule has 1 amide bonds. The van der Waals surface area contributed by atoms with E-state index >= 15 is 0 Å². The number of nitrogens with one attached hydrogen (secondary N) is 1. The van der Waals surface area contributed by atoms with E-state index in [4.69, 9.17) is 26.8 Å². The standard InChI is InChI=1S/C19H15ClF7N5O3/c1-16(7-34-17(2,14(28)32-16)19(25,26)27)12-10(21)3-4-11(30-12)31-15(33)35-13-9(20)5-8(6-29-13)18(22,23)24/h3-6H,7H2,1-2H3,(H2,28,32)(H,30,31,33)/t16-,17+/m0/s1. The van der Waals surface area contributed by atoms with Gasteiger partial charge < -0.3 is 15.2 Å². The molecule has 3 rings (SSSR count). The zero-order valence-corrected chi connectivity index (χ0v) is 18.4. The number of aliphatic imine (C=N–C) groups is 1. The van der Waals surface area contributed by atoms with Crippen LogP contribution in [0.2, 0.25) is 5.02 Å². The van der Waals surface area contributed by atoms with E-state index in [0.29, 0.717) is 19.2 Å². The number of nitrogens with two attached hydrogens (primary N) is 1. The Morgan fingerprint density at radius 3 is 2.43 bits per heavy atom. The number of alkyl halides is 6. The van der Waals surface area contributed by atoms with Crippen LogP contribution in [0.1, 0.15) is 25.1 Å². The van der Waals surface area contributed by atoms with E-state index < -0.39 is 70.0 Å². The van der Waals surface area contributed by atoms with Gasteiger partial charge in [0, 0.05) is 6.20 Å². The maximum atomic E-state index is 14.5. The van der Waals surface area contributed by atoms with Crippen molar-refractivity contribution in [3.05, 3.63) is 46.5 Å². The van der Waals surface area contributed by atoms with E-state index in [1.807, 2.05) is 0 Å². The number of pyridine rings is 2. The first-order valence-electron chi connectivity index (χ1n) is 9.41. The van der Waals surface area contributed by atoms with Gasteiger partial charge in [0.25, 0.3) is 0 Å². The molecular formula is C19H15ClF7N5O3. The predicted octanol–water partition coefficient (Wildman–Crippen LogP) is 4.82. The largest absolute Gasteiger partial charge is 0.424 e. The van der Waals surface area contributed by atoms with Crippen molar-refractivity contribution in [1.29, 1.82) is 0 Å². The molecule has 0 radical (unpaired) electrons. The van der Waals surface area contributed by atoms with Crippen LogP contribution in [0, 0.1) is 5.82 Å². The van der Waals surface area contributed by atoms with Gasteiger partial charge in [-0.3, -0.25) is 10.3 Å². The molecule has 0 bridgehead atoms. The second kappa shape index (κ2) is 8.78. The number of hydrogen-bond acceptors (Lipinski definition) is 7. The van der Waals surface area contributed by atoms with Crippen LogP contribution < -0.4 is 15.8 Å². The molecule has 0 saturated heterocycles. The summed E-state index contributed by atoms with van der Waals surface area (Å²) < 4.78 is 102. The third-order valence-corrected chi connectivity index (χ3v) is 5.22. The van der Waals surface area contributed by atoms with Crippen LogP contribution in [0.25, 0.3) is 0 Å². The molecule has 16 heteroatoms. The molecule has 8 nitrogen and oxygen atoms in total. The summed E-state index contributed by atoms with van der Waals surface area (Å²) in [4.78, 5) is 23.1. The highest BCUT2D eigenvalue weighted by atomic mass is 35.5. The van der Waals surface area contributed by atoms with Gasteiger partial charge in [-0.2, -0.15) is 26.3 Å². The normalized spacial score (nSPS) is 23.0. The molecule has 0 fully saturated rings. The number of aromatic nitrogens is 2. The van der Waals surface area contributed by atoms with Gasteiger partial charge in [0.15, 0.2) is 0 Å². The molecule has 3 N–H and O–H groups in total. The van der Waals surface area contributed by atoms with Crippen molar-refractivity contribution in [1.82, 2.24) is 9.97 Å². The lowest BCUT2D eigenvalue weighted by molar-refractivity contribution is -0.249. The Kier molecular flexibility index (Phi) is 6.63. The SMILES string of the molecule is C[C@@]1(c2nc(NC(=O)Oc3ncc(C(F)(F)F)cc3Cl)ccc2F)CO[C@@](C)(C(F)(F)F)C(N)=N1. The second-order valence-corrected chi connectivity index (χ2v) is 8.05. The van der Waals surface area contributed by atoms with Gasteiger partial charge in [0.1, 0.15) is 33.7 Å². The maximum Gasteiger partial charge on any atom is 0.424 e. The van der Waals surface area contributed by atoms with Crippen LogP contribution in [0.3, 0.4) is 0 Å². The molecule has 0 aliphatic carbocycles. The Balaban J connectivity index is 1.82. The minimum absolute atomic E-state index is 0.339. The van der Waals surface area contributed by atoms with Gasteiger partial charge >= 0.3 is 18.4 Å². The summed E-state index contributed by atoms with van der Waals surface area (Å²) in [7, 11) is 0. The molecule has 0 saturated carbocycles. The van der Waals surface area contributed by atoms with E-state index in [0.717, 1.165) is 12.1 Å². The number of halogens is 8. The van der Waals surface area contributed by atoms with Crippen LogP contribution in [0.4, 0.5) is 41.3 Å². The topological polar surface area (TPSA) is 112 Å². The number of hydrogen-bond donors (Lipinski definition) is 2. The number of amidine groups is 1. The lowest BCUT2D eigenvalue weighted by Gasteiger charge is -2.40. The van der Waals surface area contributed by atoms with Crippen LogP contribution in [0.15, 0.2) is 29.4 Å². The van der Waals surface area contributed by atoms with Gasteiger partial charge in [-0.05, 0) is 32.0 Å². The fourth-order valence-electron chi connectivity index (χ4n) is 2.87. The molecular weight excluding hydrogens is 515 g/mol. The number of anilines is 1. The van der Waals surface area contributed by atoms with E-state index in [1.165, 1.54) is 6.92 Å². The number of carbonyl (C=O) groups is 1. The Hall–Kier alpha value is -3.20. The molecule has 0 unspecified atom stereocenters. The zero-order chi connectivity index (χ0) is 26.4. The van der Waals surface area contributed by atoms with E-state index in [-0.39, 0.29) is 5.82 Å². The van der Waals surface area contributed by atoms with Crippen LogP contribution in [-0.2, 0) is 16.5 Å². The maximum absolute atomic E-state index is 14.5. The second-order valence-electron chi connectivity index (χ2n) is 7.64. The molecule has 2 aromatic rings. The minimum atomic E-state index is -4.89. The highest BCUT2D eigenvalue weighted by Crippen LogP contribution is 2.41. The molecule has 0 aromatic carbocycles. The van der Waals surface area contributed by atoms with E-state index in [1.54, 1.807) is 0 Å². The van der Waals surface area contributed by atoms with Crippen molar-refractivity contribution in [2.24, 2.45) is 10.7 Å². The predicted molar refractivity (Wildman–Crippen MR) is 107 cm³/mol. The number of rotatable bonds is 3. The molecule has 3 heterocycles. The number of ether oxygens (including phenoxy) is 2. The lowest BCUT2D eigenvalue weighted by atomic mass is 9.93. The number of amides is 1. The summed E-state index contributed by atoms with van der Waals surface area (Å²) >= 11 is 5.66. The zero-order valence-electron chi connectivity index (χ0n) is 17.7. The number of carbonyl (C=O) groups excluding carboxylic acids is 1. The minimum Gasteiger partial charge on any atom is -0.389 e. The fourth-order valence-corrected chi connectivity index (χ4v) is 3.08. The van der Waals surface area contributed by atoms with Gasteiger partial charge in [-0.1, -0.05) is 11.6 Å². The summed E-state index contributed by atoms with van der Waals surface area (Å²) in [6.45, 7) is 1.13. The molecule has 2 atom stereocenters. The lowest BCUT2D eigenvalue weighted by Crippen LogP contribution is -2.60. The molecule has 2 aromatic heterocycles. The monoisotopic (exact) mass is 529 g/mol. The molecule has 1 aliphatic heterocycles. The molecule has 190 valence electrons. The van der Waals surface area contributed by atoms with Crippen molar-refractivity contribution in [2.45, 2.75) is 37.3 Å². The first kappa shape index (κ1) is 26.4. The first-order valence-corrected chi connectivity index (χ1v) is 9.79. The average molecular weight is 530 g/mol. The average Bonchev–Trinajstić information content (AvgIpc) is 2.72. The first-order chi connectivity index (χ1) is 16.0. The summed E-state index contributed by atoms with van der Waals surface area (Å²) in [5, 5.41) is 1.46. The summed E-state index contributed by atoms with van der Waals surface area (Å²) in [6, 6.07) is 2.32. The van der Waals surface area contributed by atoms with Crippen molar-refractivity contribution in [3.8, 4) is 5.88 Å². The van der Waals surface area contributed by atoms with Gasteiger partial charge in [-0.25, -0.2) is 19.2 Å². The quantitative estimate of drug-likeness (QED) is 0.551. The van der Waals surface area contributed by atoms with Crippen LogP contribution >= 0.6 is 11.6 Å². The molecule has 35 heavy (non-hydrogen) atoms. The van der Waals surface area contributed by atoms with Crippen LogP contribution in [0.5, 0.6) is 5.88 Å². The summed E-state index contributed by atoms with van der Waals surface area (Å²) in [5.41, 5.74) is -0.874. The fraction of sp³-hybridized carbons (Fsp3) is 0.368. The molecule has 0 spiro atoms. The van der Waals surface area contributed by atoms with Crippen LogP contribution in [-0.4, -0.2) is 40.3 Å². The third-order valence-electron chi connectivity index (χ3n) is 4.95. The van der Waals surface area contributed by atoms with Crippen molar-refractivity contribution in [2.75, 3.05) is 11.9 Å². The van der Waals surface area contributed by atoms with Gasteiger partial charge in [0.2, 0.25) is 11.5 Å². The Labute approximate surface area is 197 Å². The van der Waals surface area contributed by atoms with Crippen molar-refractivity contribution >= 4 is 29.3 Å². The molecule has 1 aliphatic rings. The Morgan fingerprint density at radius 2 is 1.89 bits per heavy atom. The highest BCUT2D eigenvalue weighted by molar-refractivity contribution is 6.32. The number of nitrogens with zero attached hydrogens (tertiary/aromatic N) is 3. The smallest absolute Gasteiger partial charge is 0.389 e. The Bertz CT molecular complexity index is 1190. The summed E-state index contributed by atoms with van der Waals surface area (Å²) in [5.74, 6) is -2.94. The van der Waals surface area contributed by atoms with Gasteiger partial charge in [-0.15, -0.1) is 0 Å². The highest BCUT2D eigenvalue weighted by Gasteiger charge is 2.59.